The maximum Gasteiger partial charge on any atom is 0.338 e. The fourth-order valence-corrected chi connectivity index (χ4v) is 4.86. The van der Waals surface area contributed by atoms with Gasteiger partial charge >= 0.3 is 5.97 Å². The van der Waals surface area contributed by atoms with Crippen molar-refractivity contribution in [1.29, 1.82) is 0 Å². The molecule has 4 heteroatoms. The second kappa shape index (κ2) is 9.54. The molecule has 3 nitrogen and oxygen atoms in total. The lowest BCUT2D eigenvalue weighted by atomic mass is 9.98. The van der Waals surface area contributed by atoms with Gasteiger partial charge in [0.2, 0.25) is 0 Å². The van der Waals surface area contributed by atoms with Gasteiger partial charge in [-0.15, -0.1) is 0 Å². The molecule has 2 aromatic rings. The van der Waals surface area contributed by atoms with Gasteiger partial charge in [-0.2, -0.15) is 0 Å². The van der Waals surface area contributed by atoms with Crippen LogP contribution in [0.2, 0.25) is 18.1 Å². The molecule has 1 aliphatic rings. The molecule has 0 aromatic heterocycles. The predicted octanol–water partition coefficient (Wildman–Crippen LogP) is 7.26. The van der Waals surface area contributed by atoms with Gasteiger partial charge in [-0.3, -0.25) is 0 Å². The molecule has 0 aliphatic heterocycles. The topological polar surface area (TPSA) is 35.5 Å². The van der Waals surface area contributed by atoms with Crippen LogP contribution < -0.4 is 0 Å². The van der Waals surface area contributed by atoms with Crippen LogP contribution in [0.3, 0.4) is 0 Å². The van der Waals surface area contributed by atoms with Gasteiger partial charge in [-0.1, -0.05) is 75.4 Å². The Kier molecular flexibility index (Phi) is 7.23. The Morgan fingerprint density at radius 2 is 1.65 bits per heavy atom. The molecule has 0 heterocycles. The average Bonchev–Trinajstić information content (AvgIpc) is 3.07. The predicted molar refractivity (Wildman–Crippen MR) is 131 cm³/mol. The molecule has 0 spiro atoms. The summed E-state index contributed by atoms with van der Waals surface area (Å²) < 4.78 is 12.3. The first-order valence-corrected chi connectivity index (χ1v) is 14.2. The van der Waals surface area contributed by atoms with E-state index in [0.29, 0.717) is 12.2 Å². The maximum atomic E-state index is 12.8. The quantitative estimate of drug-likeness (QED) is 0.260. The van der Waals surface area contributed by atoms with Crippen LogP contribution >= 0.6 is 0 Å². The van der Waals surface area contributed by atoms with Crippen LogP contribution in [0.4, 0.5) is 0 Å². The summed E-state index contributed by atoms with van der Waals surface area (Å²) in [5.74, 6) is -0.0769. The summed E-state index contributed by atoms with van der Waals surface area (Å²) >= 11 is 0. The van der Waals surface area contributed by atoms with Crippen molar-refractivity contribution in [2.24, 2.45) is 5.92 Å². The van der Waals surface area contributed by atoms with Gasteiger partial charge in [0.05, 0.1) is 5.56 Å². The van der Waals surface area contributed by atoms with Gasteiger partial charge in [-0.25, -0.2) is 4.79 Å². The molecule has 2 aromatic carbocycles. The number of ether oxygens (including phenoxy) is 1. The molecule has 1 fully saturated rings. The van der Waals surface area contributed by atoms with E-state index in [4.69, 9.17) is 9.16 Å². The minimum atomic E-state index is -1.78. The fraction of sp³-hybridized carbons (Fsp3) is 0.444. The highest BCUT2D eigenvalue weighted by Gasteiger charge is 2.38. The van der Waals surface area contributed by atoms with Crippen molar-refractivity contribution in [2.45, 2.75) is 64.3 Å². The summed E-state index contributed by atoms with van der Waals surface area (Å²) in [6.07, 6.45) is 2.50. The van der Waals surface area contributed by atoms with Crippen molar-refractivity contribution in [3.63, 3.8) is 0 Å². The Labute approximate surface area is 188 Å². The summed E-state index contributed by atoms with van der Waals surface area (Å²) in [5.41, 5.74) is 3.99. The Hall–Kier alpha value is -2.17. The van der Waals surface area contributed by atoms with Crippen LogP contribution in [0.15, 0.2) is 66.7 Å². The van der Waals surface area contributed by atoms with Crippen LogP contribution in [0.25, 0.3) is 11.1 Å². The molecule has 1 aliphatic carbocycles. The van der Waals surface area contributed by atoms with Gasteiger partial charge in [0.25, 0.3) is 0 Å². The second-order valence-corrected chi connectivity index (χ2v) is 14.9. The molecule has 166 valence electrons. The Balaban J connectivity index is 1.59. The van der Waals surface area contributed by atoms with E-state index in [1.165, 1.54) is 5.57 Å². The summed E-state index contributed by atoms with van der Waals surface area (Å²) in [6, 6.07) is 17.8. The number of benzene rings is 2. The fourth-order valence-electron chi connectivity index (χ4n) is 3.80. The molecule has 0 N–H and O–H groups in total. The van der Waals surface area contributed by atoms with E-state index >= 15 is 0 Å². The lowest BCUT2D eigenvalue weighted by molar-refractivity contribution is 0.0204. The van der Waals surface area contributed by atoms with E-state index in [2.05, 4.69) is 52.6 Å². The van der Waals surface area contributed by atoms with Gasteiger partial charge < -0.3 is 9.16 Å². The zero-order valence-electron chi connectivity index (χ0n) is 19.6. The summed E-state index contributed by atoms with van der Waals surface area (Å²) in [6.45, 7) is 16.2. The normalized spacial score (nSPS) is 19.5. The van der Waals surface area contributed by atoms with Crippen molar-refractivity contribution in [3.8, 4) is 11.1 Å². The third-order valence-corrected chi connectivity index (χ3v) is 11.4. The highest BCUT2D eigenvalue weighted by Crippen LogP contribution is 2.39. The monoisotopic (exact) mass is 436 g/mol. The summed E-state index contributed by atoms with van der Waals surface area (Å²) in [4.78, 5) is 12.8. The first kappa shape index (κ1) is 23.5. The number of carbonyl (C=O) groups excluding carboxylic acids is 1. The Morgan fingerprint density at radius 1 is 1.03 bits per heavy atom. The van der Waals surface area contributed by atoms with Crippen molar-refractivity contribution < 1.29 is 14.0 Å². The van der Waals surface area contributed by atoms with E-state index in [9.17, 15) is 4.79 Å². The minimum Gasteiger partial charge on any atom is -0.458 e. The lowest BCUT2D eigenvalue weighted by Gasteiger charge is -2.36. The van der Waals surface area contributed by atoms with Crippen molar-refractivity contribution in [1.82, 2.24) is 0 Å². The number of hydrogen-bond donors (Lipinski definition) is 0. The van der Waals surface area contributed by atoms with Crippen molar-refractivity contribution in [3.05, 3.63) is 72.3 Å². The van der Waals surface area contributed by atoms with E-state index in [0.717, 1.165) is 30.4 Å². The second-order valence-electron chi connectivity index (χ2n) is 10.1. The first-order valence-electron chi connectivity index (χ1n) is 11.3. The smallest absolute Gasteiger partial charge is 0.338 e. The standard InChI is InChI=1S/C27H36O3Si/c1-20-12-17-25(24(20)18-19-29-31(5,6)27(2,3)4)30-26(28)23-15-13-22(14-16-23)21-10-8-7-9-11-21/h7-11,13-16,24-25H,1,12,17-19H2,2-6H3. The van der Waals surface area contributed by atoms with E-state index < -0.39 is 8.32 Å². The third kappa shape index (κ3) is 5.75. The molecule has 0 bridgehead atoms. The van der Waals surface area contributed by atoms with Gasteiger partial charge in [0.1, 0.15) is 6.10 Å². The van der Waals surface area contributed by atoms with Gasteiger partial charge in [0.15, 0.2) is 8.32 Å². The molecule has 0 saturated heterocycles. The maximum absolute atomic E-state index is 12.8. The molecule has 2 unspecified atom stereocenters. The molecule has 3 rings (SSSR count). The molecule has 0 radical (unpaired) electrons. The SMILES string of the molecule is C=C1CCC(OC(=O)c2ccc(-c3ccccc3)cc2)C1CCO[Si](C)(C)C(C)(C)C. The molecular formula is C27H36O3Si. The number of hydrogen-bond acceptors (Lipinski definition) is 3. The molecular weight excluding hydrogens is 400 g/mol. The van der Waals surface area contributed by atoms with Crippen LogP contribution in [0.1, 0.15) is 50.4 Å². The zero-order chi connectivity index (χ0) is 22.6. The van der Waals surface area contributed by atoms with Crippen LogP contribution in [0.5, 0.6) is 0 Å². The molecule has 0 amide bonds. The summed E-state index contributed by atoms with van der Waals surface area (Å²) in [5, 5.41) is 0.192. The van der Waals surface area contributed by atoms with E-state index in [1.807, 2.05) is 42.5 Å². The molecule has 1 saturated carbocycles. The number of esters is 1. The van der Waals surface area contributed by atoms with Crippen molar-refractivity contribution >= 4 is 14.3 Å². The van der Waals surface area contributed by atoms with Gasteiger partial charge in [0, 0.05) is 12.5 Å². The van der Waals surface area contributed by atoms with Crippen molar-refractivity contribution in [2.75, 3.05) is 6.61 Å². The number of carbonyl (C=O) groups is 1. The van der Waals surface area contributed by atoms with E-state index in [1.54, 1.807) is 0 Å². The molecule has 2 atom stereocenters. The Bertz CT molecular complexity index is 894. The van der Waals surface area contributed by atoms with Crippen LogP contribution in [-0.4, -0.2) is 27.0 Å². The third-order valence-electron chi connectivity index (χ3n) is 6.91. The molecule has 31 heavy (non-hydrogen) atoms. The zero-order valence-corrected chi connectivity index (χ0v) is 20.6. The largest absolute Gasteiger partial charge is 0.458 e. The van der Waals surface area contributed by atoms with E-state index in [-0.39, 0.29) is 23.0 Å². The average molecular weight is 437 g/mol. The Morgan fingerprint density at radius 3 is 2.26 bits per heavy atom. The van der Waals surface area contributed by atoms with Gasteiger partial charge in [-0.05, 0) is 60.7 Å². The minimum absolute atomic E-state index is 0.114. The van der Waals surface area contributed by atoms with Crippen LogP contribution in [0, 0.1) is 5.92 Å². The highest BCUT2D eigenvalue weighted by molar-refractivity contribution is 6.74. The van der Waals surface area contributed by atoms with Crippen LogP contribution in [-0.2, 0) is 9.16 Å². The lowest BCUT2D eigenvalue weighted by Crippen LogP contribution is -2.41. The number of rotatable bonds is 7. The summed E-state index contributed by atoms with van der Waals surface area (Å²) in [7, 11) is -1.78. The highest BCUT2D eigenvalue weighted by atomic mass is 28.4. The first-order chi connectivity index (χ1) is 14.6.